The normalized spacial score (nSPS) is 13.8. The first-order valence-corrected chi connectivity index (χ1v) is 12.9. The maximum absolute atomic E-state index is 4.33. The predicted molar refractivity (Wildman–Crippen MR) is 111 cm³/mol. The number of hydrogen-bond donors (Lipinski definition) is 1. The number of aryl methyl sites for hydroxylation is 1. The Kier molecular flexibility index (Phi) is 5.59. The number of nitrogens with one attached hydrogen (secondary N) is 1. The van der Waals surface area contributed by atoms with E-state index in [1.165, 1.54) is 16.8 Å². The van der Waals surface area contributed by atoms with E-state index in [0.29, 0.717) is 11.3 Å². The summed E-state index contributed by atoms with van der Waals surface area (Å²) < 4.78 is 0. The average molecular weight is 394 g/mol. The van der Waals surface area contributed by atoms with E-state index in [4.69, 9.17) is 0 Å². The van der Waals surface area contributed by atoms with Crippen LogP contribution in [0, 0.1) is 6.92 Å². The zero-order valence-electron chi connectivity index (χ0n) is 14.9. The van der Waals surface area contributed by atoms with E-state index in [1.807, 2.05) is 0 Å². The van der Waals surface area contributed by atoms with Crippen LogP contribution in [0.4, 0.5) is 5.69 Å². The molecule has 0 fully saturated rings. The van der Waals surface area contributed by atoms with Crippen LogP contribution >= 0.6 is 20.9 Å². The zero-order valence-corrected chi connectivity index (χ0v) is 17.4. The summed E-state index contributed by atoms with van der Waals surface area (Å²) in [4.78, 5) is 0. The van der Waals surface area contributed by atoms with Gasteiger partial charge in [-0.1, -0.05) is 0 Å². The van der Waals surface area contributed by atoms with Gasteiger partial charge in [0.25, 0.3) is 0 Å². The summed E-state index contributed by atoms with van der Waals surface area (Å²) in [5.74, 6) is 0. The minimum atomic E-state index is -2.38. The quantitative estimate of drug-likeness (QED) is 0.511. The Bertz CT molecular complexity index is 626. The summed E-state index contributed by atoms with van der Waals surface area (Å²) >= 11 is 4.33. The van der Waals surface area contributed by atoms with Crippen molar-refractivity contribution in [3.63, 3.8) is 0 Å². The molecule has 1 N–H and O–H groups in total. The number of hydrogen-bond acceptors (Lipinski definition) is 1. The van der Waals surface area contributed by atoms with Gasteiger partial charge in [0.05, 0.1) is 0 Å². The first kappa shape index (κ1) is 18.5. The van der Waals surface area contributed by atoms with Crippen molar-refractivity contribution in [2.45, 2.75) is 52.1 Å². The van der Waals surface area contributed by atoms with Crippen LogP contribution in [0.1, 0.15) is 38.8 Å². The third kappa shape index (κ3) is 3.80. The molecular weight excluding hydrogens is 365 g/mol. The number of halogens is 1. The van der Waals surface area contributed by atoms with E-state index >= 15 is 0 Å². The van der Waals surface area contributed by atoms with Crippen molar-refractivity contribution in [2.24, 2.45) is 0 Å². The summed E-state index contributed by atoms with van der Waals surface area (Å²) in [6, 6.07) is 19.6. The standard InChI is InChI=1S/C20H29BrNP/c1-16(2)23(21,17(3)4,15-19-9-7-6-8-10-19)22-20-13-11-18(5)12-14-20/h6-14,16-17,22H,15H2,1-5H3. The van der Waals surface area contributed by atoms with Crippen molar-refractivity contribution in [2.75, 3.05) is 5.09 Å². The SMILES string of the molecule is Cc1ccc(NP(Br)(Cc2ccccc2)(C(C)C)C(C)C)cc1. The fourth-order valence-corrected chi connectivity index (χ4v) is 8.81. The van der Waals surface area contributed by atoms with Crippen molar-refractivity contribution < 1.29 is 0 Å². The number of anilines is 1. The first-order chi connectivity index (χ1) is 10.7. The Morgan fingerprint density at radius 3 is 1.87 bits per heavy atom. The molecule has 0 bridgehead atoms. The summed E-state index contributed by atoms with van der Waals surface area (Å²) in [7, 11) is 0. The third-order valence-corrected chi connectivity index (χ3v) is 17.4. The molecule has 0 amide bonds. The second-order valence-electron chi connectivity index (χ2n) is 7.14. The molecule has 2 aromatic rings. The van der Waals surface area contributed by atoms with Gasteiger partial charge in [-0.25, -0.2) is 0 Å². The van der Waals surface area contributed by atoms with Crippen molar-refractivity contribution >= 4 is 26.6 Å². The van der Waals surface area contributed by atoms with E-state index in [2.05, 4.69) is 110 Å². The van der Waals surface area contributed by atoms with Crippen LogP contribution < -0.4 is 5.09 Å². The summed E-state index contributed by atoms with van der Waals surface area (Å²) in [6.07, 6.45) is 1.05. The molecule has 0 spiro atoms. The van der Waals surface area contributed by atoms with E-state index < -0.39 is 5.46 Å². The van der Waals surface area contributed by atoms with Gasteiger partial charge in [0.1, 0.15) is 0 Å². The molecule has 0 saturated heterocycles. The Morgan fingerprint density at radius 1 is 0.870 bits per heavy atom. The predicted octanol–water partition coefficient (Wildman–Crippen LogP) is 7.20. The molecule has 0 aliphatic heterocycles. The molecular formula is C20H29BrNP. The monoisotopic (exact) mass is 393 g/mol. The van der Waals surface area contributed by atoms with Crippen LogP contribution in [0.3, 0.4) is 0 Å². The molecule has 2 rings (SSSR count). The summed E-state index contributed by atoms with van der Waals surface area (Å²) in [5, 5.41) is 3.99. The molecule has 0 heterocycles. The van der Waals surface area contributed by atoms with Gasteiger partial charge in [-0.3, -0.25) is 0 Å². The van der Waals surface area contributed by atoms with Crippen LogP contribution in [0.2, 0.25) is 0 Å². The molecule has 0 aromatic heterocycles. The summed E-state index contributed by atoms with van der Waals surface area (Å²) in [5.41, 5.74) is 2.58. The zero-order chi connectivity index (χ0) is 17.1. The molecule has 0 saturated carbocycles. The van der Waals surface area contributed by atoms with E-state index in [0.717, 1.165) is 6.16 Å². The third-order valence-electron chi connectivity index (χ3n) is 5.01. The summed E-state index contributed by atoms with van der Waals surface area (Å²) in [6.45, 7) is 11.5. The van der Waals surface area contributed by atoms with Crippen LogP contribution in [-0.4, -0.2) is 11.3 Å². The molecule has 0 atom stereocenters. The molecule has 0 radical (unpaired) electrons. The van der Waals surface area contributed by atoms with Gasteiger partial charge in [0.15, 0.2) is 0 Å². The van der Waals surface area contributed by atoms with E-state index in [9.17, 15) is 0 Å². The molecule has 0 unspecified atom stereocenters. The van der Waals surface area contributed by atoms with Gasteiger partial charge in [0, 0.05) is 0 Å². The van der Waals surface area contributed by atoms with Crippen molar-refractivity contribution in [3.8, 4) is 0 Å². The van der Waals surface area contributed by atoms with Gasteiger partial charge in [-0.15, -0.1) is 0 Å². The van der Waals surface area contributed by atoms with Gasteiger partial charge in [-0.2, -0.15) is 0 Å². The second-order valence-corrected chi connectivity index (χ2v) is 17.4. The molecule has 0 aliphatic carbocycles. The molecule has 3 heteroatoms. The van der Waals surface area contributed by atoms with Crippen LogP contribution in [0.25, 0.3) is 0 Å². The Labute approximate surface area is 149 Å². The fourth-order valence-electron chi connectivity index (χ4n) is 3.13. The Morgan fingerprint density at radius 2 is 1.39 bits per heavy atom. The molecule has 0 aliphatic rings. The number of rotatable bonds is 6. The number of benzene rings is 2. The van der Waals surface area contributed by atoms with Gasteiger partial charge in [-0.05, 0) is 0 Å². The van der Waals surface area contributed by atoms with Crippen molar-refractivity contribution in [3.05, 3.63) is 65.7 Å². The van der Waals surface area contributed by atoms with Crippen molar-refractivity contribution in [1.82, 2.24) is 0 Å². The van der Waals surface area contributed by atoms with Gasteiger partial charge >= 0.3 is 150 Å². The molecule has 1 nitrogen and oxygen atoms in total. The van der Waals surface area contributed by atoms with E-state index in [1.54, 1.807) is 0 Å². The van der Waals surface area contributed by atoms with Crippen molar-refractivity contribution in [1.29, 1.82) is 0 Å². The van der Waals surface area contributed by atoms with E-state index in [-0.39, 0.29) is 0 Å². The van der Waals surface area contributed by atoms with Gasteiger partial charge in [0.2, 0.25) is 0 Å². The Hall–Kier alpha value is -0.850. The minimum absolute atomic E-state index is 0.530. The van der Waals surface area contributed by atoms with Gasteiger partial charge < -0.3 is 0 Å². The first-order valence-electron chi connectivity index (χ1n) is 8.37. The van der Waals surface area contributed by atoms with Crippen LogP contribution in [0.15, 0.2) is 54.6 Å². The Balaban J connectivity index is 2.47. The van der Waals surface area contributed by atoms with Crippen LogP contribution in [-0.2, 0) is 6.16 Å². The topological polar surface area (TPSA) is 12.0 Å². The molecule has 23 heavy (non-hydrogen) atoms. The molecule has 126 valence electrons. The maximum atomic E-state index is 4.33. The van der Waals surface area contributed by atoms with Crippen LogP contribution in [0.5, 0.6) is 0 Å². The second kappa shape index (κ2) is 6.95. The average Bonchev–Trinajstić information content (AvgIpc) is 2.50. The fraction of sp³-hybridized carbons (Fsp3) is 0.400. The molecule has 2 aromatic carbocycles.